The molecule has 0 saturated carbocycles. The summed E-state index contributed by atoms with van der Waals surface area (Å²) >= 11 is 0. The van der Waals surface area contributed by atoms with Crippen LogP contribution in [0.2, 0.25) is 0 Å². The smallest absolute Gasteiger partial charge is 0.329 e. The number of sulfonamides is 1. The summed E-state index contributed by atoms with van der Waals surface area (Å²) in [5, 5.41) is 7.34. The molecule has 2 atom stereocenters. The minimum Gasteiger partial charge on any atom is -0.493 e. The number of amides is 2. The number of carbonyl (C=O) groups excluding carboxylic acids is 2. The number of nitrogens with zero attached hydrogens (tertiary/aromatic N) is 6. The third-order valence-corrected chi connectivity index (χ3v) is 11.0. The van der Waals surface area contributed by atoms with Crippen LogP contribution in [-0.2, 0) is 28.4 Å². The van der Waals surface area contributed by atoms with Crippen LogP contribution in [0.5, 0.6) is 5.75 Å². The number of nitrogens with two attached hydrogens (primary N) is 1. The first-order valence-electron chi connectivity index (χ1n) is 16.9. The van der Waals surface area contributed by atoms with Gasteiger partial charge in [-0.1, -0.05) is 49.4 Å². The Kier molecular flexibility index (Phi) is 10.6. The first kappa shape index (κ1) is 35.1. The molecule has 2 fully saturated rings. The van der Waals surface area contributed by atoms with Gasteiger partial charge >= 0.3 is 5.69 Å². The molecule has 2 aromatic heterocycles. The van der Waals surface area contributed by atoms with E-state index in [1.54, 1.807) is 22.6 Å². The van der Waals surface area contributed by atoms with Crippen molar-refractivity contribution >= 4 is 21.8 Å². The molecule has 4 heterocycles. The van der Waals surface area contributed by atoms with E-state index in [0.29, 0.717) is 62.6 Å². The highest BCUT2D eigenvalue weighted by atomic mass is 32.2. The van der Waals surface area contributed by atoms with Gasteiger partial charge in [-0.2, -0.15) is 9.40 Å². The monoisotopic (exact) mass is 704 g/mol. The predicted octanol–water partition coefficient (Wildman–Crippen LogP) is 2.06. The van der Waals surface area contributed by atoms with Crippen molar-refractivity contribution in [3.05, 3.63) is 88.7 Å². The molecule has 2 aromatic carbocycles. The quantitative estimate of drug-likeness (QED) is 0.226. The number of imidazole rings is 1. The minimum atomic E-state index is -3.87. The summed E-state index contributed by atoms with van der Waals surface area (Å²) in [4.78, 5) is 42.5. The van der Waals surface area contributed by atoms with Gasteiger partial charge in [0.1, 0.15) is 16.3 Å². The van der Waals surface area contributed by atoms with E-state index in [-0.39, 0.29) is 48.5 Å². The number of carbonyl (C=O) groups is 2. The number of benzene rings is 2. The van der Waals surface area contributed by atoms with Crippen molar-refractivity contribution in [3.8, 4) is 17.0 Å². The molecule has 0 bridgehead atoms. The molecule has 6 rings (SSSR count). The maximum Gasteiger partial charge on any atom is 0.329 e. The number of rotatable bonds is 12. The summed E-state index contributed by atoms with van der Waals surface area (Å²) in [6.07, 6.45) is 4.08. The van der Waals surface area contributed by atoms with Crippen molar-refractivity contribution in [1.82, 2.24) is 33.4 Å². The number of ether oxygens (including phenoxy) is 1. The fourth-order valence-electron chi connectivity index (χ4n) is 6.74. The van der Waals surface area contributed by atoms with Crippen LogP contribution < -0.4 is 21.5 Å². The Morgan fingerprint density at radius 1 is 1.08 bits per heavy atom. The largest absolute Gasteiger partial charge is 0.493 e. The molecule has 266 valence electrons. The van der Waals surface area contributed by atoms with Gasteiger partial charge in [0.05, 0.1) is 31.1 Å². The fraction of sp³-hybridized carbons (Fsp3) is 0.429. The van der Waals surface area contributed by atoms with Gasteiger partial charge in [0.15, 0.2) is 0 Å². The van der Waals surface area contributed by atoms with Crippen LogP contribution in [0.15, 0.2) is 76.7 Å². The second-order valence-electron chi connectivity index (χ2n) is 13.1. The molecular formula is C35H44N8O6S. The molecule has 50 heavy (non-hydrogen) atoms. The molecule has 2 aliphatic rings. The Morgan fingerprint density at radius 2 is 1.84 bits per heavy atom. The van der Waals surface area contributed by atoms with Gasteiger partial charge in [-0.25, -0.2) is 13.2 Å². The lowest BCUT2D eigenvalue weighted by Gasteiger charge is -2.33. The third kappa shape index (κ3) is 7.54. The molecule has 2 aliphatic heterocycles. The molecule has 2 saturated heterocycles. The average Bonchev–Trinajstić information content (AvgIpc) is 3.69. The van der Waals surface area contributed by atoms with Crippen LogP contribution in [0.1, 0.15) is 48.3 Å². The van der Waals surface area contributed by atoms with Gasteiger partial charge in [-0.15, -0.1) is 0 Å². The Bertz CT molecular complexity index is 2000. The maximum absolute atomic E-state index is 14.8. The standard InChI is InChI=1S/C35H44N8O6S/c1-25(18-31(36)44)24-49-29-12-6-8-26(19-29)21-42-33(34(45)40-16-13-37-14-17-40)32(27-9-4-3-5-10-27)43(35(42)46)28-11-7-15-41(22-28)50(47,48)30-20-38-39(2)23-30/h3-6,8-10,12,19-20,23,25,28,37H,7,11,13-18,21-22,24H2,1-2H3,(H2,36,44). The number of hydrogen-bond acceptors (Lipinski definition) is 8. The zero-order valence-electron chi connectivity index (χ0n) is 28.4. The lowest BCUT2D eigenvalue weighted by atomic mass is 10.0. The van der Waals surface area contributed by atoms with Crippen LogP contribution in [0.4, 0.5) is 0 Å². The minimum absolute atomic E-state index is 0.0645. The summed E-state index contributed by atoms with van der Waals surface area (Å²) in [6, 6.07) is 16.1. The summed E-state index contributed by atoms with van der Waals surface area (Å²) in [7, 11) is -2.21. The van der Waals surface area contributed by atoms with E-state index >= 15 is 0 Å². The van der Waals surface area contributed by atoms with Crippen molar-refractivity contribution in [2.75, 3.05) is 45.9 Å². The van der Waals surface area contributed by atoms with Crippen LogP contribution in [-0.4, -0.2) is 94.2 Å². The molecule has 2 amide bonds. The zero-order chi connectivity index (χ0) is 35.4. The van der Waals surface area contributed by atoms with E-state index in [2.05, 4.69) is 10.4 Å². The van der Waals surface area contributed by atoms with Crippen molar-refractivity contribution < 1.29 is 22.7 Å². The van der Waals surface area contributed by atoms with Crippen molar-refractivity contribution in [2.45, 2.75) is 43.7 Å². The normalized spacial score (nSPS) is 17.8. The van der Waals surface area contributed by atoms with Crippen molar-refractivity contribution in [1.29, 1.82) is 0 Å². The van der Waals surface area contributed by atoms with Crippen LogP contribution in [0.25, 0.3) is 11.3 Å². The number of aromatic nitrogens is 4. The highest BCUT2D eigenvalue weighted by Gasteiger charge is 2.37. The SMILES string of the molecule is CC(COc1cccc(Cn2c(C(=O)N3CCNCC3)c(-c3ccccc3)n(C3CCCN(S(=O)(=O)c4cnn(C)c4)C3)c2=O)c1)CC(N)=O. The van der Waals surface area contributed by atoms with Gasteiger partial charge in [0, 0.05) is 64.5 Å². The topological polar surface area (TPSA) is 167 Å². The summed E-state index contributed by atoms with van der Waals surface area (Å²) in [5.41, 5.74) is 7.11. The highest BCUT2D eigenvalue weighted by Crippen LogP contribution is 2.33. The third-order valence-electron chi connectivity index (χ3n) is 9.19. The average molecular weight is 705 g/mol. The molecule has 0 radical (unpaired) electrons. The van der Waals surface area contributed by atoms with Gasteiger partial charge in [0.25, 0.3) is 5.91 Å². The zero-order valence-corrected chi connectivity index (χ0v) is 29.2. The Morgan fingerprint density at radius 3 is 2.54 bits per heavy atom. The summed E-state index contributed by atoms with van der Waals surface area (Å²) < 4.78 is 39.4. The van der Waals surface area contributed by atoms with Crippen LogP contribution >= 0.6 is 0 Å². The van der Waals surface area contributed by atoms with Crippen LogP contribution in [0, 0.1) is 5.92 Å². The molecule has 3 N–H and O–H groups in total. The van der Waals surface area contributed by atoms with E-state index in [4.69, 9.17) is 10.5 Å². The van der Waals surface area contributed by atoms with E-state index in [1.165, 1.54) is 25.9 Å². The lowest BCUT2D eigenvalue weighted by molar-refractivity contribution is -0.119. The Balaban J connectivity index is 1.44. The lowest BCUT2D eigenvalue weighted by Crippen LogP contribution is -2.47. The molecule has 4 aromatic rings. The van der Waals surface area contributed by atoms with Crippen molar-refractivity contribution in [2.24, 2.45) is 18.7 Å². The van der Waals surface area contributed by atoms with Gasteiger partial charge in [-0.05, 0) is 36.5 Å². The Hall–Kier alpha value is -4.73. The van der Waals surface area contributed by atoms with E-state index in [0.717, 1.165) is 5.56 Å². The van der Waals surface area contributed by atoms with Gasteiger partial charge in [0.2, 0.25) is 15.9 Å². The highest BCUT2D eigenvalue weighted by molar-refractivity contribution is 7.89. The predicted molar refractivity (Wildman–Crippen MR) is 187 cm³/mol. The number of nitrogens with one attached hydrogen (secondary N) is 1. The van der Waals surface area contributed by atoms with E-state index in [1.807, 2.05) is 55.5 Å². The number of aryl methyl sites for hydroxylation is 1. The number of primary amides is 1. The maximum atomic E-state index is 14.8. The van der Waals surface area contributed by atoms with Gasteiger partial charge < -0.3 is 20.7 Å². The number of piperidine rings is 1. The molecule has 0 spiro atoms. The molecule has 14 nitrogen and oxygen atoms in total. The second-order valence-corrected chi connectivity index (χ2v) is 15.0. The second kappa shape index (κ2) is 15.0. The molecule has 15 heteroatoms. The van der Waals surface area contributed by atoms with Crippen LogP contribution in [0.3, 0.4) is 0 Å². The number of piperazine rings is 1. The number of hydrogen-bond donors (Lipinski definition) is 2. The first-order chi connectivity index (χ1) is 24.0. The van der Waals surface area contributed by atoms with Crippen molar-refractivity contribution in [3.63, 3.8) is 0 Å². The van der Waals surface area contributed by atoms with E-state index < -0.39 is 27.7 Å². The summed E-state index contributed by atoms with van der Waals surface area (Å²) in [6.45, 7) is 4.86. The fourth-order valence-corrected chi connectivity index (χ4v) is 8.25. The molecule has 2 unspecified atom stereocenters. The molecule has 0 aliphatic carbocycles. The first-order valence-corrected chi connectivity index (χ1v) is 18.4. The van der Waals surface area contributed by atoms with Gasteiger partial charge in [-0.3, -0.25) is 23.4 Å². The molecular weight excluding hydrogens is 661 g/mol. The summed E-state index contributed by atoms with van der Waals surface area (Å²) in [5.74, 6) is -0.176. The van der Waals surface area contributed by atoms with E-state index in [9.17, 15) is 22.8 Å². The Labute approximate surface area is 291 Å².